The van der Waals surface area contributed by atoms with Crippen LogP contribution in [-0.4, -0.2) is 48.9 Å². The van der Waals surface area contributed by atoms with Crippen LogP contribution in [0.3, 0.4) is 0 Å². The highest BCUT2D eigenvalue weighted by Crippen LogP contribution is 2.24. The van der Waals surface area contributed by atoms with Crippen LogP contribution in [0, 0.1) is 5.92 Å². The summed E-state index contributed by atoms with van der Waals surface area (Å²) in [6, 6.07) is 7.81. The minimum absolute atomic E-state index is 0.00975. The van der Waals surface area contributed by atoms with Gasteiger partial charge in [-0.3, -0.25) is 19.7 Å². The zero-order chi connectivity index (χ0) is 19.8. The maximum Gasteiger partial charge on any atom is 0.321 e. The Morgan fingerprint density at radius 1 is 1.22 bits per heavy atom. The molecule has 27 heavy (non-hydrogen) atoms. The van der Waals surface area contributed by atoms with E-state index in [1.165, 1.54) is 7.05 Å². The Hall–Kier alpha value is -2.90. The summed E-state index contributed by atoms with van der Waals surface area (Å²) in [4.78, 5) is 50.1. The highest BCUT2D eigenvalue weighted by molar-refractivity contribution is 5.97. The molecule has 1 aliphatic heterocycles. The van der Waals surface area contributed by atoms with Crippen molar-refractivity contribution < 1.29 is 23.9 Å². The zero-order valence-electron chi connectivity index (χ0n) is 15.6. The first-order valence-corrected chi connectivity index (χ1v) is 9.02. The molecule has 1 aromatic carbocycles. The van der Waals surface area contributed by atoms with Gasteiger partial charge in [-0.1, -0.05) is 37.3 Å². The van der Waals surface area contributed by atoms with Gasteiger partial charge >= 0.3 is 12.0 Å². The second-order valence-corrected chi connectivity index (χ2v) is 6.33. The van der Waals surface area contributed by atoms with E-state index in [1.807, 2.05) is 0 Å². The standard InChI is InChI=1S/C19H25N3O5/c1-3-15(23)22-11-7-10-14(12-22)18(25)27-16(13-8-5-4-6-9-13)17(24)21-19(26)20-2/h4-6,8-9,14,16H,3,7,10-12H2,1-2H3,(H2,20,21,24,26)/t14-,16+/m0/s1. The fraction of sp³-hybridized carbons (Fsp3) is 0.474. The molecule has 0 aliphatic carbocycles. The second-order valence-electron chi connectivity index (χ2n) is 6.33. The Bertz CT molecular complexity index is 692. The molecular formula is C19H25N3O5. The molecule has 146 valence electrons. The molecule has 0 saturated carbocycles. The molecule has 2 atom stereocenters. The third-order valence-corrected chi connectivity index (χ3v) is 4.45. The highest BCUT2D eigenvalue weighted by Gasteiger charge is 2.33. The first kappa shape index (κ1) is 20.4. The van der Waals surface area contributed by atoms with Crippen LogP contribution in [0.5, 0.6) is 0 Å². The molecule has 0 aromatic heterocycles. The molecule has 4 amide bonds. The molecule has 0 unspecified atom stereocenters. The van der Waals surface area contributed by atoms with E-state index in [0.29, 0.717) is 31.4 Å². The van der Waals surface area contributed by atoms with Crippen LogP contribution in [0.1, 0.15) is 37.9 Å². The monoisotopic (exact) mass is 375 g/mol. The lowest BCUT2D eigenvalue weighted by atomic mass is 9.97. The normalized spacial score (nSPS) is 17.6. The van der Waals surface area contributed by atoms with Crippen molar-refractivity contribution in [1.82, 2.24) is 15.5 Å². The molecule has 1 saturated heterocycles. The number of rotatable bonds is 5. The summed E-state index contributed by atoms with van der Waals surface area (Å²) in [5.41, 5.74) is 0.463. The number of nitrogens with one attached hydrogen (secondary N) is 2. The number of esters is 1. The number of ether oxygens (including phenoxy) is 1. The smallest absolute Gasteiger partial charge is 0.321 e. The lowest BCUT2D eigenvalue weighted by molar-refractivity contribution is -0.162. The molecule has 0 radical (unpaired) electrons. The number of imide groups is 1. The quantitative estimate of drug-likeness (QED) is 0.757. The first-order chi connectivity index (χ1) is 13.0. The third kappa shape index (κ3) is 5.54. The van der Waals surface area contributed by atoms with Crippen molar-refractivity contribution in [3.8, 4) is 0 Å². The van der Waals surface area contributed by atoms with Gasteiger partial charge in [-0.15, -0.1) is 0 Å². The molecule has 8 nitrogen and oxygen atoms in total. The molecule has 0 spiro atoms. The lowest BCUT2D eigenvalue weighted by Crippen LogP contribution is -2.44. The molecule has 0 bridgehead atoms. The van der Waals surface area contributed by atoms with Gasteiger partial charge in [0.2, 0.25) is 12.0 Å². The van der Waals surface area contributed by atoms with Gasteiger partial charge < -0.3 is 15.0 Å². The van der Waals surface area contributed by atoms with Crippen molar-refractivity contribution >= 4 is 23.8 Å². The van der Waals surface area contributed by atoms with E-state index in [9.17, 15) is 19.2 Å². The van der Waals surface area contributed by atoms with Crippen LogP contribution in [0.2, 0.25) is 0 Å². The Balaban J connectivity index is 2.12. The molecular weight excluding hydrogens is 350 g/mol. The van der Waals surface area contributed by atoms with Crippen molar-refractivity contribution in [2.24, 2.45) is 5.92 Å². The topological polar surface area (TPSA) is 105 Å². The van der Waals surface area contributed by atoms with Crippen molar-refractivity contribution in [3.63, 3.8) is 0 Å². The van der Waals surface area contributed by atoms with Crippen molar-refractivity contribution in [2.45, 2.75) is 32.3 Å². The zero-order valence-corrected chi connectivity index (χ0v) is 15.6. The van der Waals surface area contributed by atoms with E-state index >= 15 is 0 Å². The van der Waals surface area contributed by atoms with Gasteiger partial charge in [0, 0.05) is 32.1 Å². The van der Waals surface area contributed by atoms with Gasteiger partial charge in [-0.2, -0.15) is 0 Å². The highest BCUT2D eigenvalue weighted by atomic mass is 16.5. The number of nitrogens with zero attached hydrogens (tertiary/aromatic N) is 1. The maximum absolute atomic E-state index is 12.7. The lowest BCUT2D eigenvalue weighted by Gasteiger charge is -2.32. The summed E-state index contributed by atoms with van der Waals surface area (Å²) in [7, 11) is 1.38. The van der Waals surface area contributed by atoms with E-state index in [0.717, 1.165) is 0 Å². The van der Waals surface area contributed by atoms with Crippen LogP contribution in [0.15, 0.2) is 30.3 Å². The summed E-state index contributed by atoms with van der Waals surface area (Å²) in [5, 5.41) is 4.43. The van der Waals surface area contributed by atoms with Gasteiger partial charge in [-0.25, -0.2) is 4.79 Å². The number of carbonyl (C=O) groups is 4. The number of carbonyl (C=O) groups excluding carboxylic acids is 4. The number of hydrogen-bond acceptors (Lipinski definition) is 5. The Labute approximate surface area is 158 Å². The van der Waals surface area contributed by atoms with Crippen molar-refractivity contribution in [2.75, 3.05) is 20.1 Å². The largest absolute Gasteiger partial charge is 0.447 e. The van der Waals surface area contributed by atoms with Crippen LogP contribution in [0.25, 0.3) is 0 Å². The van der Waals surface area contributed by atoms with E-state index < -0.39 is 29.9 Å². The summed E-state index contributed by atoms with van der Waals surface area (Å²) in [5.74, 6) is -1.78. The van der Waals surface area contributed by atoms with Crippen molar-refractivity contribution in [1.29, 1.82) is 0 Å². The average molecular weight is 375 g/mol. The van der Waals surface area contributed by atoms with E-state index in [-0.39, 0.29) is 12.5 Å². The SMILES string of the molecule is CCC(=O)N1CCC[C@H](C(=O)O[C@@H](C(=O)NC(=O)NC)c2ccccc2)C1. The molecule has 2 N–H and O–H groups in total. The number of amides is 4. The Morgan fingerprint density at radius 3 is 2.56 bits per heavy atom. The number of likely N-dealkylation sites (tertiary alicyclic amines) is 1. The number of piperidine rings is 1. The van der Waals surface area contributed by atoms with E-state index in [1.54, 1.807) is 42.2 Å². The summed E-state index contributed by atoms with van der Waals surface area (Å²) < 4.78 is 5.48. The number of benzene rings is 1. The molecule has 8 heteroatoms. The Kier molecular flexibility index (Phi) is 7.34. The van der Waals surface area contributed by atoms with E-state index in [4.69, 9.17) is 4.74 Å². The minimum atomic E-state index is -1.24. The van der Waals surface area contributed by atoms with Gasteiger partial charge in [0.05, 0.1) is 5.92 Å². The van der Waals surface area contributed by atoms with Gasteiger partial charge in [-0.05, 0) is 12.8 Å². The molecule has 1 fully saturated rings. The Morgan fingerprint density at radius 2 is 1.93 bits per heavy atom. The maximum atomic E-state index is 12.7. The van der Waals surface area contributed by atoms with Gasteiger partial charge in [0.1, 0.15) is 0 Å². The van der Waals surface area contributed by atoms with Gasteiger partial charge in [0.25, 0.3) is 5.91 Å². The van der Waals surface area contributed by atoms with Crippen LogP contribution in [-0.2, 0) is 19.1 Å². The number of urea groups is 1. The molecule has 1 aromatic rings. The van der Waals surface area contributed by atoms with E-state index in [2.05, 4.69) is 10.6 Å². The van der Waals surface area contributed by atoms with Crippen molar-refractivity contribution in [3.05, 3.63) is 35.9 Å². The predicted octanol–water partition coefficient (Wildman–Crippen LogP) is 1.38. The summed E-state index contributed by atoms with van der Waals surface area (Å²) >= 11 is 0. The van der Waals surface area contributed by atoms with Crippen LogP contribution >= 0.6 is 0 Å². The summed E-state index contributed by atoms with van der Waals surface area (Å²) in [6.45, 7) is 2.68. The second kappa shape index (κ2) is 9.70. The number of hydrogen-bond donors (Lipinski definition) is 2. The average Bonchev–Trinajstić information content (AvgIpc) is 2.71. The first-order valence-electron chi connectivity index (χ1n) is 9.02. The molecule has 1 heterocycles. The predicted molar refractivity (Wildman–Crippen MR) is 97.5 cm³/mol. The fourth-order valence-electron chi connectivity index (χ4n) is 2.97. The van der Waals surface area contributed by atoms with Gasteiger partial charge in [0.15, 0.2) is 0 Å². The minimum Gasteiger partial charge on any atom is -0.447 e. The molecule has 2 rings (SSSR count). The van der Waals surface area contributed by atoms with Crippen LogP contribution in [0.4, 0.5) is 4.79 Å². The fourth-order valence-corrected chi connectivity index (χ4v) is 2.97. The van der Waals surface area contributed by atoms with Crippen LogP contribution < -0.4 is 10.6 Å². The summed E-state index contributed by atoms with van der Waals surface area (Å²) in [6.07, 6.45) is 0.424. The third-order valence-electron chi connectivity index (χ3n) is 4.45. The molecule has 1 aliphatic rings.